The number of rotatable bonds is 10. The molecule has 202 valence electrons. The Bertz CT molecular complexity index is 1600. The fourth-order valence-electron chi connectivity index (χ4n) is 4.30. The number of nitrogens with one attached hydrogen (secondary N) is 2. The maximum Gasteiger partial charge on any atom is 0.261 e. The molecule has 0 aliphatic carbocycles. The van der Waals surface area contributed by atoms with E-state index < -0.39 is 0 Å². The fraction of sp³-hybridized carbons (Fsp3) is 0.156. The van der Waals surface area contributed by atoms with E-state index in [1.165, 1.54) is 22.5 Å². The van der Waals surface area contributed by atoms with E-state index in [2.05, 4.69) is 76.0 Å². The van der Waals surface area contributed by atoms with E-state index in [-0.39, 0.29) is 5.91 Å². The lowest BCUT2D eigenvalue weighted by Crippen LogP contribution is -2.21. The van der Waals surface area contributed by atoms with Crippen molar-refractivity contribution in [3.8, 4) is 27.4 Å². The van der Waals surface area contributed by atoms with Crippen molar-refractivity contribution in [2.45, 2.75) is 13.1 Å². The van der Waals surface area contributed by atoms with Crippen LogP contribution in [0.15, 0.2) is 97.2 Å². The van der Waals surface area contributed by atoms with Crippen LogP contribution in [0, 0.1) is 0 Å². The molecule has 0 spiro atoms. The molecule has 5 aromatic rings. The molecule has 2 aromatic heterocycles. The Morgan fingerprint density at radius 2 is 1.70 bits per heavy atom. The van der Waals surface area contributed by atoms with E-state index in [1.54, 1.807) is 13.3 Å². The lowest BCUT2D eigenvalue weighted by atomic mass is 10.0. The van der Waals surface area contributed by atoms with Crippen LogP contribution in [0.25, 0.3) is 21.7 Å². The molecule has 2 heterocycles. The molecule has 2 N–H and O–H groups in total. The highest BCUT2D eigenvalue weighted by atomic mass is 32.1. The zero-order valence-corrected chi connectivity index (χ0v) is 23.5. The molecule has 5 rings (SSSR count). The number of hydrogen-bond acceptors (Lipinski definition) is 7. The molecule has 3 aromatic carbocycles. The molecule has 0 atom stereocenters. The lowest BCUT2D eigenvalue weighted by molar-refractivity contribution is 0.0955. The van der Waals surface area contributed by atoms with Crippen LogP contribution in [-0.2, 0) is 13.1 Å². The maximum atomic E-state index is 12.7. The van der Waals surface area contributed by atoms with E-state index in [4.69, 9.17) is 4.74 Å². The van der Waals surface area contributed by atoms with Crippen LogP contribution < -0.4 is 15.4 Å². The van der Waals surface area contributed by atoms with Gasteiger partial charge in [-0.05, 0) is 84.9 Å². The highest BCUT2D eigenvalue weighted by Gasteiger charge is 2.12. The highest BCUT2D eigenvalue weighted by Crippen LogP contribution is 2.28. The van der Waals surface area contributed by atoms with Gasteiger partial charge >= 0.3 is 0 Å². The van der Waals surface area contributed by atoms with Gasteiger partial charge in [-0.2, -0.15) is 0 Å². The number of thiophene rings is 1. The van der Waals surface area contributed by atoms with Crippen molar-refractivity contribution in [3.63, 3.8) is 0 Å². The number of methoxy groups -OCH3 is 1. The first-order valence-corrected chi connectivity index (χ1v) is 13.7. The zero-order valence-electron chi connectivity index (χ0n) is 22.7. The van der Waals surface area contributed by atoms with Crippen molar-refractivity contribution in [2.24, 2.45) is 0 Å². The lowest BCUT2D eigenvalue weighted by Gasteiger charge is -2.11. The normalized spacial score (nSPS) is 10.9. The SMILES string of the molecule is COc1cccc(CNC(=O)c2ccc(-c3ccnc(Nc4ccc(-c5cccc(CN(C)C)c5)cc4)n3)s2)c1. The first-order valence-electron chi connectivity index (χ1n) is 12.9. The predicted octanol–water partition coefficient (Wildman–Crippen LogP) is 6.62. The van der Waals surface area contributed by atoms with E-state index in [1.807, 2.05) is 54.6 Å². The van der Waals surface area contributed by atoms with Crippen molar-refractivity contribution in [1.82, 2.24) is 20.2 Å². The van der Waals surface area contributed by atoms with Crippen LogP contribution in [0.1, 0.15) is 20.8 Å². The van der Waals surface area contributed by atoms with Crippen molar-refractivity contribution < 1.29 is 9.53 Å². The second kappa shape index (κ2) is 12.5. The quantitative estimate of drug-likeness (QED) is 0.204. The Labute approximate surface area is 238 Å². The van der Waals surface area contributed by atoms with Crippen LogP contribution in [0.3, 0.4) is 0 Å². The van der Waals surface area contributed by atoms with Gasteiger partial charge in [-0.1, -0.05) is 42.5 Å². The van der Waals surface area contributed by atoms with Gasteiger partial charge in [0.15, 0.2) is 0 Å². The number of nitrogens with zero attached hydrogens (tertiary/aromatic N) is 3. The van der Waals surface area contributed by atoms with Gasteiger partial charge in [-0.3, -0.25) is 4.79 Å². The molecule has 0 aliphatic heterocycles. The monoisotopic (exact) mass is 549 g/mol. The van der Waals surface area contributed by atoms with Crippen molar-refractivity contribution in [3.05, 3.63) is 113 Å². The Balaban J connectivity index is 1.23. The summed E-state index contributed by atoms with van der Waals surface area (Å²) < 4.78 is 5.25. The summed E-state index contributed by atoms with van der Waals surface area (Å²) in [6.07, 6.45) is 1.72. The molecule has 0 bridgehead atoms. The Morgan fingerprint density at radius 1 is 0.900 bits per heavy atom. The number of ether oxygens (including phenoxy) is 1. The zero-order chi connectivity index (χ0) is 27.9. The van der Waals surface area contributed by atoms with Crippen molar-refractivity contribution in [2.75, 3.05) is 26.5 Å². The predicted molar refractivity (Wildman–Crippen MR) is 162 cm³/mol. The molecular formula is C32H31N5O2S. The minimum atomic E-state index is -0.126. The number of hydrogen-bond donors (Lipinski definition) is 2. The van der Waals surface area contributed by atoms with Gasteiger partial charge in [0.05, 0.1) is 22.6 Å². The Kier molecular flexibility index (Phi) is 8.49. The van der Waals surface area contributed by atoms with Gasteiger partial charge in [-0.15, -0.1) is 11.3 Å². The highest BCUT2D eigenvalue weighted by molar-refractivity contribution is 7.17. The first kappa shape index (κ1) is 27.1. The molecular weight excluding hydrogens is 518 g/mol. The maximum absolute atomic E-state index is 12.7. The van der Waals surface area contributed by atoms with Crippen LogP contribution in [-0.4, -0.2) is 42.0 Å². The van der Waals surface area contributed by atoms with Gasteiger partial charge in [0, 0.05) is 25.0 Å². The van der Waals surface area contributed by atoms with Crippen molar-refractivity contribution >= 4 is 28.9 Å². The average molecular weight is 550 g/mol. The third kappa shape index (κ3) is 6.91. The van der Waals surface area contributed by atoms with Gasteiger partial charge < -0.3 is 20.3 Å². The summed E-state index contributed by atoms with van der Waals surface area (Å²) in [5.41, 5.74) is 6.24. The molecule has 8 heteroatoms. The topological polar surface area (TPSA) is 79.4 Å². The van der Waals surface area contributed by atoms with E-state index >= 15 is 0 Å². The summed E-state index contributed by atoms with van der Waals surface area (Å²) in [4.78, 5) is 25.5. The van der Waals surface area contributed by atoms with Crippen LogP contribution in [0.5, 0.6) is 5.75 Å². The van der Waals surface area contributed by atoms with Gasteiger partial charge in [-0.25, -0.2) is 9.97 Å². The van der Waals surface area contributed by atoms with E-state index in [0.717, 1.165) is 39.7 Å². The van der Waals surface area contributed by atoms with Gasteiger partial charge in [0.25, 0.3) is 5.91 Å². The Hall–Kier alpha value is -4.53. The van der Waals surface area contributed by atoms with Crippen LogP contribution in [0.4, 0.5) is 11.6 Å². The summed E-state index contributed by atoms with van der Waals surface area (Å²) in [6, 6.07) is 30.1. The summed E-state index contributed by atoms with van der Waals surface area (Å²) in [6.45, 7) is 1.33. The smallest absolute Gasteiger partial charge is 0.261 e. The number of carbonyl (C=O) groups excluding carboxylic acids is 1. The Morgan fingerprint density at radius 3 is 2.50 bits per heavy atom. The first-order chi connectivity index (χ1) is 19.5. The molecule has 0 aliphatic rings. The minimum Gasteiger partial charge on any atom is -0.497 e. The molecule has 0 unspecified atom stereocenters. The van der Waals surface area contributed by atoms with Crippen LogP contribution in [0.2, 0.25) is 0 Å². The molecule has 0 radical (unpaired) electrons. The standard InChI is InChI=1S/C32H31N5O2S/c1-37(2)21-23-7-4-8-25(18-23)24-10-12-26(13-11-24)35-32-33-17-16-28(36-32)29-14-15-30(40-29)31(38)34-20-22-6-5-9-27(19-22)39-3/h4-19H,20-21H2,1-3H3,(H,34,38)(H,33,35,36). The number of amides is 1. The van der Waals surface area contributed by atoms with E-state index in [0.29, 0.717) is 17.4 Å². The number of benzene rings is 3. The van der Waals surface area contributed by atoms with E-state index in [9.17, 15) is 4.79 Å². The molecule has 1 amide bonds. The summed E-state index contributed by atoms with van der Waals surface area (Å²) >= 11 is 1.40. The molecule has 40 heavy (non-hydrogen) atoms. The summed E-state index contributed by atoms with van der Waals surface area (Å²) in [5.74, 6) is 1.13. The largest absolute Gasteiger partial charge is 0.497 e. The number of anilines is 2. The summed E-state index contributed by atoms with van der Waals surface area (Å²) in [5, 5.41) is 6.27. The number of aromatic nitrogens is 2. The third-order valence-corrected chi connectivity index (χ3v) is 7.33. The second-order valence-electron chi connectivity index (χ2n) is 9.60. The summed E-state index contributed by atoms with van der Waals surface area (Å²) in [7, 11) is 5.77. The third-order valence-electron chi connectivity index (χ3n) is 6.23. The molecule has 0 saturated heterocycles. The molecule has 0 fully saturated rings. The van der Waals surface area contributed by atoms with Crippen LogP contribution >= 0.6 is 11.3 Å². The minimum absolute atomic E-state index is 0.126. The van der Waals surface area contributed by atoms with Gasteiger partial charge in [0.1, 0.15) is 5.75 Å². The van der Waals surface area contributed by atoms with Gasteiger partial charge in [0.2, 0.25) is 5.95 Å². The fourth-order valence-corrected chi connectivity index (χ4v) is 5.19. The average Bonchev–Trinajstić information content (AvgIpc) is 3.47. The number of carbonyl (C=O) groups is 1. The second-order valence-corrected chi connectivity index (χ2v) is 10.7. The molecule has 7 nitrogen and oxygen atoms in total. The molecule has 0 saturated carbocycles. The van der Waals surface area contributed by atoms with Crippen molar-refractivity contribution in [1.29, 1.82) is 0 Å².